The number of amides is 1. The SMILES string of the molecule is CC(C)C[C@@H](NC(=O)COc1ccc(Br)cc1)c1nc2ccccc2o1. The van der Waals surface area contributed by atoms with Gasteiger partial charge in [0.25, 0.3) is 5.91 Å². The number of benzene rings is 2. The van der Waals surface area contributed by atoms with E-state index < -0.39 is 0 Å². The Hall–Kier alpha value is -2.34. The molecule has 0 unspecified atom stereocenters. The number of carbonyl (C=O) groups excluding carboxylic acids is 1. The Morgan fingerprint density at radius 2 is 1.92 bits per heavy atom. The van der Waals surface area contributed by atoms with Crippen molar-refractivity contribution in [3.8, 4) is 5.75 Å². The summed E-state index contributed by atoms with van der Waals surface area (Å²) >= 11 is 3.37. The van der Waals surface area contributed by atoms with Crippen molar-refractivity contribution in [2.75, 3.05) is 6.61 Å². The van der Waals surface area contributed by atoms with Crippen molar-refractivity contribution >= 4 is 32.9 Å². The third-order valence-electron chi connectivity index (χ3n) is 3.83. The summed E-state index contributed by atoms with van der Waals surface area (Å²) in [5, 5.41) is 2.98. The van der Waals surface area contributed by atoms with Crippen molar-refractivity contribution in [2.24, 2.45) is 5.92 Å². The maximum atomic E-state index is 12.3. The highest BCUT2D eigenvalue weighted by molar-refractivity contribution is 9.10. The number of aromatic nitrogens is 1. The lowest BCUT2D eigenvalue weighted by Gasteiger charge is -2.17. The number of oxazole rings is 1. The van der Waals surface area contributed by atoms with Crippen molar-refractivity contribution in [3.05, 3.63) is 58.9 Å². The molecule has 0 bridgehead atoms. The third kappa shape index (κ3) is 4.85. The number of nitrogens with zero attached hydrogens (tertiary/aromatic N) is 1. The van der Waals surface area contributed by atoms with Crippen molar-refractivity contribution in [1.29, 1.82) is 0 Å². The summed E-state index contributed by atoms with van der Waals surface area (Å²) < 4.78 is 12.3. The van der Waals surface area contributed by atoms with Gasteiger partial charge in [0.2, 0.25) is 5.89 Å². The van der Waals surface area contributed by atoms with Crippen LogP contribution in [-0.4, -0.2) is 17.5 Å². The van der Waals surface area contributed by atoms with Gasteiger partial charge in [-0.1, -0.05) is 41.9 Å². The average Bonchev–Trinajstić information content (AvgIpc) is 3.04. The number of para-hydroxylation sites is 2. The summed E-state index contributed by atoms with van der Waals surface area (Å²) in [5.41, 5.74) is 1.51. The predicted octanol–water partition coefficient (Wildman–Crippen LogP) is 4.87. The molecule has 3 rings (SSSR count). The van der Waals surface area contributed by atoms with Crippen LogP contribution in [0, 0.1) is 5.92 Å². The number of ether oxygens (including phenoxy) is 1. The molecule has 0 spiro atoms. The highest BCUT2D eigenvalue weighted by Gasteiger charge is 2.22. The summed E-state index contributed by atoms with van der Waals surface area (Å²) in [7, 11) is 0. The maximum Gasteiger partial charge on any atom is 0.258 e. The van der Waals surface area contributed by atoms with E-state index in [1.165, 1.54) is 0 Å². The maximum absolute atomic E-state index is 12.3. The number of nitrogens with one attached hydrogen (secondary N) is 1. The van der Waals surface area contributed by atoms with E-state index in [0.29, 0.717) is 17.6 Å². The van der Waals surface area contributed by atoms with Crippen LogP contribution in [0.5, 0.6) is 5.75 Å². The van der Waals surface area contributed by atoms with Gasteiger partial charge in [-0.05, 0) is 48.7 Å². The van der Waals surface area contributed by atoms with Crippen LogP contribution in [-0.2, 0) is 4.79 Å². The minimum Gasteiger partial charge on any atom is -0.484 e. The molecule has 2 aromatic carbocycles. The van der Waals surface area contributed by atoms with Crippen LogP contribution >= 0.6 is 15.9 Å². The summed E-state index contributed by atoms with van der Waals surface area (Å²) in [4.78, 5) is 16.9. The van der Waals surface area contributed by atoms with Gasteiger partial charge in [-0.15, -0.1) is 0 Å². The molecule has 0 aliphatic carbocycles. The lowest BCUT2D eigenvalue weighted by molar-refractivity contribution is -0.124. The quantitative estimate of drug-likeness (QED) is 0.596. The second kappa shape index (κ2) is 8.36. The monoisotopic (exact) mass is 416 g/mol. The number of fused-ring (bicyclic) bond motifs is 1. The molecule has 0 radical (unpaired) electrons. The van der Waals surface area contributed by atoms with Crippen molar-refractivity contribution < 1.29 is 13.9 Å². The normalized spacial score (nSPS) is 12.3. The molecule has 1 heterocycles. The van der Waals surface area contributed by atoms with Crippen LogP contribution in [0.25, 0.3) is 11.1 Å². The summed E-state index contributed by atoms with van der Waals surface area (Å²) in [6.07, 6.45) is 0.733. The third-order valence-corrected chi connectivity index (χ3v) is 4.36. The zero-order chi connectivity index (χ0) is 18.5. The summed E-state index contributed by atoms with van der Waals surface area (Å²) in [6, 6.07) is 14.6. The largest absolute Gasteiger partial charge is 0.484 e. The standard InChI is InChI=1S/C20H21BrN2O3/c1-13(2)11-17(20-23-16-5-3-4-6-18(16)26-20)22-19(24)12-25-15-9-7-14(21)8-10-15/h3-10,13,17H,11-12H2,1-2H3,(H,22,24)/t17-/m1/s1. The van der Waals surface area contributed by atoms with E-state index in [1.807, 2.05) is 48.5 Å². The molecule has 6 heteroatoms. The van der Waals surface area contributed by atoms with E-state index in [0.717, 1.165) is 22.0 Å². The van der Waals surface area contributed by atoms with Gasteiger partial charge in [0.05, 0.1) is 0 Å². The minimum absolute atomic E-state index is 0.0591. The zero-order valence-electron chi connectivity index (χ0n) is 14.7. The van der Waals surface area contributed by atoms with Crippen LogP contribution in [0.1, 0.15) is 32.2 Å². The van der Waals surface area contributed by atoms with Crippen LogP contribution in [0.2, 0.25) is 0 Å². The van der Waals surface area contributed by atoms with Gasteiger partial charge < -0.3 is 14.5 Å². The van der Waals surface area contributed by atoms with Gasteiger partial charge in [0, 0.05) is 4.47 Å². The lowest BCUT2D eigenvalue weighted by Crippen LogP contribution is -2.33. The van der Waals surface area contributed by atoms with Gasteiger partial charge >= 0.3 is 0 Å². The molecule has 1 N–H and O–H groups in total. The fraction of sp³-hybridized carbons (Fsp3) is 0.300. The van der Waals surface area contributed by atoms with E-state index >= 15 is 0 Å². The molecule has 1 amide bonds. The average molecular weight is 417 g/mol. The molecule has 1 aromatic heterocycles. The highest BCUT2D eigenvalue weighted by atomic mass is 79.9. The van der Waals surface area contributed by atoms with Crippen LogP contribution in [0.15, 0.2) is 57.4 Å². The molecule has 136 valence electrons. The number of carbonyl (C=O) groups is 1. The van der Waals surface area contributed by atoms with Gasteiger partial charge in [0.1, 0.15) is 17.3 Å². The first kappa shape index (κ1) is 18.5. The Morgan fingerprint density at radius 3 is 2.62 bits per heavy atom. The van der Waals surface area contributed by atoms with Crippen molar-refractivity contribution in [3.63, 3.8) is 0 Å². The van der Waals surface area contributed by atoms with E-state index in [9.17, 15) is 4.79 Å². The van der Waals surface area contributed by atoms with Crippen molar-refractivity contribution in [2.45, 2.75) is 26.3 Å². The Kier molecular flexibility index (Phi) is 5.93. The van der Waals surface area contributed by atoms with Gasteiger partial charge in [-0.25, -0.2) is 4.98 Å². The molecule has 0 saturated heterocycles. The predicted molar refractivity (Wildman–Crippen MR) is 104 cm³/mol. The van der Waals surface area contributed by atoms with Gasteiger partial charge in [-0.3, -0.25) is 4.79 Å². The first-order valence-electron chi connectivity index (χ1n) is 8.54. The fourth-order valence-electron chi connectivity index (χ4n) is 2.65. The molecule has 0 aliphatic rings. The van der Waals surface area contributed by atoms with Gasteiger partial charge in [0.15, 0.2) is 12.2 Å². The number of rotatable bonds is 7. The molecule has 0 fully saturated rings. The first-order valence-corrected chi connectivity index (χ1v) is 9.34. The summed E-state index contributed by atoms with van der Waals surface area (Å²) in [5.74, 6) is 1.34. The lowest BCUT2D eigenvalue weighted by atomic mass is 10.0. The number of halogens is 1. The van der Waals surface area contributed by atoms with E-state index in [4.69, 9.17) is 9.15 Å². The van der Waals surface area contributed by atoms with Crippen molar-refractivity contribution in [1.82, 2.24) is 10.3 Å². The van der Waals surface area contributed by atoms with Crippen LogP contribution in [0.4, 0.5) is 0 Å². The second-order valence-electron chi connectivity index (χ2n) is 6.51. The smallest absolute Gasteiger partial charge is 0.258 e. The van der Waals surface area contributed by atoms with Gasteiger partial charge in [-0.2, -0.15) is 0 Å². The number of hydrogen-bond acceptors (Lipinski definition) is 4. The molecule has 26 heavy (non-hydrogen) atoms. The highest BCUT2D eigenvalue weighted by Crippen LogP contribution is 2.25. The summed E-state index contributed by atoms with van der Waals surface area (Å²) in [6.45, 7) is 4.14. The molecule has 3 aromatic rings. The zero-order valence-corrected chi connectivity index (χ0v) is 16.3. The fourth-order valence-corrected chi connectivity index (χ4v) is 2.91. The topological polar surface area (TPSA) is 64.4 Å². The Bertz CT molecular complexity index is 841. The Morgan fingerprint density at radius 1 is 1.19 bits per heavy atom. The molecular formula is C20H21BrN2O3. The molecule has 5 nitrogen and oxygen atoms in total. The van der Waals surface area contributed by atoms with E-state index in [2.05, 4.69) is 40.1 Å². The first-order chi connectivity index (χ1) is 12.5. The van der Waals surface area contributed by atoms with E-state index in [-0.39, 0.29) is 18.6 Å². The molecule has 0 aliphatic heterocycles. The Balaban J connectivity index is 1.67. The second-order valence-corrected chi connectivity index (χ2v) is 7.43. The molecule has 0 saturated carbocycles. The van der Waals surface area contributed by atoms with Crippen LogP contribution < -0.4 is 10.1 Å². The minimum atomic E-state index is -0.289. The molecule has 1 atom stereocenters. The molecular weight excluding hydrogens is 396 g/mol. The number of hydrogen-bond donors (Lipinski definition) is 1. The van der Waals surface area contributed by atoms with Crippen LogP contribution in [0.3, 0.4) is 0 Å². The Labute approximate surface area is 160 Å². The van der Waals surface area contributed by atoms with E-state index in [1.54, 1.807) is 0 Å².